The Labute approximate surface area is 187 Å². The standard InChI is InChI=1S/C12H21NO5.C8H13NO5/c1-4-7-10(14)13(8-11(15)17-5-2)9-12(16)18-6-3;1-2-3-6(10)9(4-7(11)12)5-8(13)14/h4-9H2,1-3H3;2-5H2,1H3,(H,11,12)(H,13,14). The van der Waals surface area contributed by atoms with Crippen molar-refractivity contribution in [2.24, 2.45) is 0 Å². The Morgan fingerprint density at radius 1 is 0.594 bits per heavy atom. The van der Waals surface area contributed by atoms with E-state index in [1.165, 1.54) is 4.90 Å². The second-order valence-corrected chi connectivity index (χ2v) is 6.40. The Morgan fingerprint density at radius 3 is 1.16 bits per heavy atom. The summed E-state index contributed by atoms with van der Waals surface area (Å²) in [6, 6.07) is 0. The van der Waals surface area contributed by atoms with Gasteiger partial charge in [0.1, 0.15) is 26.2 Å². The number of carboxylic acids is 2. The molecule has 32 heavy (non-hydrogen) atoms. The highest BCUT2D eigenvalue weighted by molar-refractivity contribution is 5.86. The van der Waals surface area contributed by atoms with E-state index in [0.717, 1.165) is 4.90 Å². The van der Waals surface area contributed by atoms with Crippen molar-refractivity contribution in [3.63, 3.8) is 0 Å². The first-order valence-electron chi connectivity index (χ1n) is 10.3. The predicted octanol–water partition coefficient (Wildman–Crippen LogP) is 0.526. The van der Waals surface area contributed by atoms with Crippen LogP contribution in [0.15, 0.2) is 0 Å². The third-order valence-electron chi connectivity index (χ3n) is 3.54. The zero-order valence-corrected chi connectivity index (χ0v) is 19.1. The number of carbonyl (C=O) groups excluding carboxylic acids is 4. The minimum Gasteiger partial charge on any atom is -0.480 e. The Balaban J connectivity index is 0. The van der Waals surface area contributed by atoms with Crippen LogP contribution >= 0.6 is 0 Å². The van der Waals surface area contributed by atoms with Crippen LogP contribution in [0.1, 0.15) is 53.4 Å². The lowest BCUT2D eigenvalue weighted by molar-refractivity contribution is -0.154. The highest BCUT2D eigenvalue weighted by Gasteiger charge is 2.21. The third-order valence-corrected chi connectivity index (χ3v) is 3.54. The minimum atomic E-state index is -1.21. The molecule has 0 atom stereocenters. The van der Waals surface area contributed by atoms with Gasteiger partial charge < -0.3 is 29.5 Å². The average molecular weight is 462 g/mol. The van der Waals surface area contributed by atoms with Crippen LogP contribution in [0.5, 0.6) is 0 Å². The monoisotopic (exact) mass is 462 g/mol. The lowest BCUT2D eigenvalue weighted by Crippen LogP contribution is -2.40. The molecule has 184 valence electrons. The predicted molar refractivity (Wildman–Crippen MR) is 112 cm³/mol. The number of esters is 2. The first-order valence-corrected chi connectivity index (χ1v) is 10.3. The summed E-state index contributed by atoms with van der Waals surface area (Å²) in [6.07, 6.45) is 1.68. The quantitative estimate of drug-likeness (QED) is 0.347. The molecule has 0 aromatic heterocycles. The first kappa shape index (κ1) is 31.0. The van der Waals surface area contributed by atoms with Gasteiger partial charge in [-0.3, -0.25) is 28.8 Å². The molecule has 0 aromatic rings. The molecule has 0 aliphatic rings. The molecule has 0 unspecified atom stereocenters. The maximum absolute atomic E-state index is 11.7. The summed E-state index contributed by atoms with van der Waals surface area (Å²) in [5.74, 6) is -4.17. The Bertz CT molecular complexity index is 600. The number of hydrogen-bond acceptors (Lipinski definition) is 8. The number of amides is 2. The summed E-state index contributed by atoms with van der Waals surface area (Å²) in [4.78, 5) is 68.2. The summed E-state index contributed by atoms with van der Waals surface area (Å²) in [7, 11) is 0. The van der Waals surface area contributed by atoms with Crippen molar-refractivity contribution < 1.29 is 48.5 Å². The molecule has 2 amide bonds. The number of carboxylic acid groups (broad SMARTS) is 2. The molecule has 12 nitrogen and oxygen atoms in total. The van der Waals surface area contributed by atoms with Gasteiger partial charge in [0, 0.05) is 12.8 Å². The van der Waals surface area contributed by atoms with Crippen LogP contribution in [0.4, 0.5) is 0 Å². The number of rotatable bonds is 14. The summed E-state index contributed by atoms with van der Waals surface area (Å²) in [5.41, 5.74) is 0. The fourth-order valence-electron chi connectivity index (χ4n) is 2.26. The van der Waals surface area contributed by atoms with E-state index in [1.54, 1.807) is 20.8 Å². The van der Waals surface area contributed by atoms with Gasteiger partial charge in [0.25, 0.3) is 0 Å². The Morgan fingerprint density at radius 2 is 0.906 bits per heavy atom. The number of nitrogens with zero attached hydrogens (tertiary/aromatic N) is 2. The molecule has 0 aliphatic carbocycles. The van der Waals surface area contributed by atoms with Crippen LogP contribution in [0.25, 0.3) is 0 Å². The molecule has 0 saturated heterocycles. The van der Waals surface area contributed by atoms with Crippen molar-refractivity contribution >= 4 is 35.7 Å². The van der Waals surface area contributed by atoms with E-state index in [2.05, 4.69) is 0 Å². The highest BCUT2D eigenvalue weighted by Crippen LogP contribution is 2.00. The maximum Gasteiger partial charge on any atom is 0.325 e. The van der Waals surface area contributed by atoms with Crippen molar-refractivity contribution in [3.8, 4) is 0 Å². The SMILES string of the molecule is CCCC(=O)N(CC(=O)O)CC(=O)O.CCCC(=O)N(CC(=O)OCC)CC(=O)OCC. The third kappa shape index (κ3) is 16.6. The lowest BCUT2D eigenvalue weighted by atomic mass is 10.3. The van der Waals surface area contributed by atoms with Crippen LogP contribution < -0.4 is 0 Å². The zero-order valence-electron chi connectivity index (χ0n) is 19.1. The number of carbonyl (C=O) groups is 6. The normalized spacial score (nSPS) is 9.62. The zero-order chi connectivity index (χ0) is 25.1. The molecule has 2 N–H and O–H groups in total. The van der Waals surface area contributed by atoms with Gasteiger partial charge in [-0.05, 0) is 26.7 Å². The fraction of sp³-hybridized carbons (Fsp3) is 0.700. The molecular weight excluding hydrogens is 428 g/mol. The van der Waals surface area contributed by atoms with E-state index in [-0.39, 0.29) is 38.6 Å². The Hall–Kier alpha value is -3.18. The number of aliphatic carboxylic acids is 2. The highest BCUT2D eigenvalue weighted by atomic mass is 16.5. The van der Waals surface area contributed by atoms with Crippen LogP contribution in [-0.2, 0) is 38.2 Å². The van der Waals surface area contributed by atoms with Crippen molar-refractivity contribution in [2.75, 3.05) is 39.4 Å². The van der Waals surface area contributed by atoms with Gasteiger partial charge in [0.05, 0.1) is 13.2 Å². The number of hydrogen-bond donors (Lipinski definition) is 2. The lowest BCUT2D eigenvalue weighted by Gasteiger charge is -2.20. The van der Waals surface area contributed by atoms with Gasteiger partial charge in [0.2, 0.25) is 11.8 Å². The van der Waals surface area contributed by atoms with Gasteiger partial charge >= 0.3 is 23.9 Å². The first-order chi connectivity index (χ1) is 15.0. The molecule has 0 aliphatic heterocycles. The summed E-state index contributed by atoms with van der Waals surface area (Å²) in [5, 5.41) is 16.9. The molecule has 0 radical (unpaired) electrons. The molecule has 12 heteroatoms. The van der Waals surface area contributed by atoms with Crippen LogP contribution in [-0.4, -0.2) is 95.1 Å². The van der Waals surface area contributed by atoms with Gasteiger partial charge in [-0.15, -0.1) is 0 Å². The van der Waals surface area contributed by atoms with Crippen molar-refractivity contribution in [1.82, 2.24) is 9.80 Å². The Kier molecular flexibility index (Phi) is 18.0. The smallest absolute Gasteiger partial charge is 0.325 e. The van der Waals surface area contributed by atoms with Gasteiger partial charge in [-0.25, -0.2) is 0 Å². The van der Waals surface area contributed by atoms with E-state index < -0.39 is 42.9 Å². The average Bonchev–Trinajstić information content (AvgIpc) is 2.67. The van der Waals surface area contributed by atoms with E-state index in [1.807, 2.05) is 6.92 Å². The fourth-order valence-corrected chi connectivity index (χ4v) is 2.26. The van der Waals surface area contributed by atoms with Crippen molar-refractivity contribution in [2.45, 2.75) is 53.4 Å². The summed E-state index contributed by atoms with van der Waals surface area (Å²) < 4.78 is 9.51. The molecule has 0 fully saturated rings. The van der Waals surface area contributed by atoms with Gasteiger partial charge in [-0.2, -0.15) is 0 Å². The molecule has 0 bridgehead atoms. The summed E-state index contributed by atoms with van der Waals surface area (Å²) >= 11 is 0. The second kappa shape index (κ2) is 18.6. The molecule has 0 spiro atoms. The maximum atomic E-state index is 11.7. The topological polar surface area (TPSA) is 168 Å². The van der Waals surface area contributed by atoms with Crippen molar-refractivity contribution in [1.29, 1.82) is 0 Å². The van der Waals surface area contributed by atoms with Crippen LogP contribution in [0.2, 0.25) is 0 Å². The minimum absolute atomic E-state index is 0.167. The second-order valence-electron chi connectivity index (χ2n) is 6.40. The van der Waals surface area contributed by atoms with E-state index >= 15 is 0 Å². The van der Waals surface area contributed by atoms with Gasteiger partial charge in [0.15, 0.2) is 0 Å². The van der Waals surface area contributed by atoms with Crippen LogP contribution in [0.3, 0.4) is 0 Å². The van der Waals surface area contributed by atoms with Crippen molar-refractivity contribution in [3.05, 3.63) is 0 Å². The van der Waals surface area contributed by atoms with Gasteiger partial charge in [-0.1, -0.05) is 13.8 Å². The van der Waals surface area contributed by atoms with E-state index in [0.29, 0.717) is 19.3 Å². The molecule has 0 saturated carbocycles. The molecule has 0 heterocycles. The molecular formula is C20H34N2O10. The largest absolute Gasteiger partial charge is 0.480 e. The number of ether oxygens (including phenoxy) is 2. The molecule has 0 aromatic carbocycles. The summed E-state index contributed by atoms with van der Waals surface area (Å²) in [6.45, 7) is 5.90. The molecule has 0 rings (SSSR count). The van der Waals surface area contributed by atoms with E-state index in [4.69, 9.17) is 19.7 Å². The van der Waals surface area contributed by atoms with Crippen LogP contribution in [0, 0.1) is 0 Å². The van der Waals surface area contributed by atoms with E-state index in [9.17, 15) is 28.8 Å².